The topological polar surface area (TPSA) is 55.1 Å². The molecule has 1 N–H and O–H groups in total. The van der Waals surface area contributed by atoms with E-state index in [-0.39, 0.29) is 11.6 Å². The van der Waals surface area contributed by atoms with Crippen molar-refractivity contribution in [3.8, 4) is 11.3 Å². The van der Waals surface area contributed by atoms with E-state index in [0.717, 1.165) is 17.1 Å². The van der Waals surface area contributed by atoms with Crippen molar-refractivity contribution >= 4 is 40.6 Å². The Morgan fingerprint density at radius 3 is 3.00 bits per heavy atom. The first-order chi connectivity index (χ1) is 11.7. The summed E-state index contributed by atoms with van der Waals surface area (Å²) >= 11 is 9.49. The zero-order chi connectivity index (χ0) is 16.8. The number of hydrogen-bond donors (Lipinski definition) is 1. The van der Waals surface area contributed by atoms with E-state index in [4.69, 9.17) is 16.1 Å². The number of carbonyl (C=O) groups excluding carboxylic acids is 1. The highest BCUT2D eigenvalue weighted by Gasteiger charge is 2.13. The summed E-state index contributed by atoms with van der Waals surface area (Å²) in [4.78, 5) is 13.4. The second-order valence-electron chi connectivity index (χ2n) is 4.97. The van der Waals surface area contributed by atoms with E-state index in [1.165, 1.54) is 4.88 Å². The largest absolute Gasteiger partial charge is 0.355 e. The average molecular weight is 379 g/mol. The maximum absolute atomic E-state index is 12.1. The molecule has 2 heterocycles. The molecule has 7 heteroatoms. The quantitative estimate of drug-likeness (QED) is 0.604. The SMILES string of the molecule is O=C(NCCSCc1cccs1)c1cc(-c2cccc(Cl)c2)on1. The fourth-order valence-corrected chi connectivity index (χ4v) is 3.94. The minimum Gasteiger partial charge on any atom is -0.355 e. The Balaban J connectivity index is 1.47. The van der Waals surface area contributed by atoms with Gasteiger partial charge in [-0.2, -0.15) is 11.8 Å². The van der Waals surface area contributed by atoms with E-state index in [0.29, 0.717) is 17.3 Å². The van der Waals surface area contributed by atoms with Crippen LogP contribution >= 0.6 is 34.7 Å². The number of hydrogen-bond acceptors (Lipinski definition) is 5. The number of thiophene rings is 1. The molecule has 0 unspecified atom stereocenters. The van der Waals surface area contributed by atoms with Gasteiger partial charge >= 0.3 is 0 Å². The fraction of sp³-hybridized carbons (Fsp3) is 0.176. The van der Waals surface area contributed by atoms with Crippen LogP contribution in [0.5, 0.6) is 0 Å². The first-order valence-corrected chi connectivity index (χ1v) is 9.74. The first kappa shape index (κ1) is 17.1. The highest BCUT2D eigenvalue weighted by atomic mass is 35.5. The lowest BCUT2D eigenvalue weighted by Crippen LogP contribution is -2.25. The smallest absolute Gasteiger partial charge is 0.273 e. The van der Waals surface area contributed by atoms with Crippen LogP contribution in [-0.4, -0.2) is 23.4 Å². The lowest BCUT2D eigenvalue weighted by Gasteiger charge is -2.02. The monoisotopic (exact) mass is 378 g/mol. The maximum Gasteiger partial charge on any atom is 0.273 e. The average Bonchev–Trinajstić information content (AvgIpc) is 3.26. The van der Waals surface area contributed by atoms with Gasteiger partial charge in [-0.3, -0.25) is 4.79 Å². The normalized spacial score (nSPS) is 10.7. The number of halogens is 1. The number of thioether (sulfide) groups is 1. The molecule has 1 amide bonds. The summed E-state index contributed by atoms with van der Waals surface area (Å²) < 4.78 is 5.23. The van der Waals surface area contributed by atoms with Gasteiger partial charge in [-0.1, -0.05) is 35.0 Å². The number of benzene rings is 1. The second-order valence-corrected chi connectivity index (χ2v) is 7.55. The van der Waals surface area contributed by atoms with Gasteiger partial charge in [0.1, 0.15) is 0 Å². The van der Waals surface area contributed by atoms with Gasteiger partial charge in [0, 0.05) is 39.6 Å². The highest BCUT2D eigenvalue weighted by molar-refractivity contribution is 7.98. The predicted molar refractivity (Wildman–Crippen MR) is 99.8 cm³/mol. The van der Waals surface area contributed by atoms with Gasteiger partial charge in [-0.15, -0.1) is 11.3 Å². The number of rotatable bonds is 7. The van der Waals surface area contributed by atoms with Gasteiger partial charge < -0.3 is 9.84 Å². The van der Waals surface area contributed by atoms with Gasteiger partial charge in [0.2, 0.25) is 0 Å². The van der Waals surface area contributed by atoms with Crippen molar-refractivity contribution in [2.24, 2.45) is 0 Å². The third-order valence-electron chi connectivity index (χ3n) is 3.21. The van der Waals surface area contributed by atoms with Crippen molar-refractivity contribution in [3.05, 3.63) is 63.4 Å². The van der Waals surface area contributed by atoms with Crippen molar-refractivity contribution in [2.75, 3.05) is 12.3 Å². The van der Waals surface area contributed by atoms with E-state index < -0.39 is 0 Å². The second kappa shape index (κ2) is 8.37. The van der Waals surface area contributed by atoms with E-state index in [9.17, 15) is 4.79 Å². The molecule has 2 aromatic heterocycles. The van der Waals surface area contributed by atoms with E-state index in [2.05, 4.69) is 21.9 Å². The molecule has 0 saturated carbocycles. The molecule has 0 spiro atoms. The summed E-state index contributed by atoms with van der Waals surface area (Å²) in [5.74, 6) is 2.11. The van der Waals surface area contributed by atoms with Crippen LogP contribution in [0.3, 0.4) is 0 Å². The van der Waals surface area contributed by atoms with E-state index in [1.54, 1.807) is 41.3 Å². The molecule has 0 radical (unpaired) electrons. The number of carbonyl (C=O) groups is 1. The van der Waals surface area contributed by atoms with Crippen LogP contribution in [0, 0.1) is 0 Å². The zero-order valence-electron chi connectivity index (χ0n) is 12.7. The van der Waals surface area contributed by atoms with Crippen molar-refractivity contribution < 1.29 is 9.32 Å². The maximum atomic E-state index is 12.1. The Kier molecular flexibility index (Phi) is 5.96. The number of aromatic nitrogens is 1. The summed E-state index contributed by atoms with van der Waals surface area (Å²) in [5, 5.41) is 9.35. The summed E-state index contributed by atoms with van der Waals surface area (Å²) in [6.45, 7) is 0.592. The van der Waals surface area contributed by atoms with Crippen molar-refractivity contribution in [1.82, 2.24) is 10.5 Å². The minimum absolute atomic E-state index is 0.233. The third kappa shape index (κ3) is 4.63. The number of nitrogens with one attached hydrogen (secondary N) is 1. The minimum atomic E-state index is -0.233. The standard InChI is InChI=1S/C17H15ClN2O2S2/c18-13-4-1-3-12(9-13)16-10-15(20-22-16)17(21)19-6-8-23-11-14-5-2-7-24-14/h1-5,7,9-10H,6,8,11H2,(H,19,21). The van der Waals surface area contributed by atoms with Crippen LogP contribution in [0.15, 0.2) is 52.4 Å². The molecular weight excluding hydrogens is 364 g/mol. The molecular formula is C17H15ClN2O2S2. The van der Waals surface area contributed by atoms with Gasteiger partial charge in [0.25, 0.3) is 5.91 Å². The molecule has 0 bridgehead atoms. The zero-order valence-corrected chi connectivity index (χ0v) is 15.1. The first-order valence-electron chi connectivity index (χ1n) is 7.33. The molecule has 4 nitrogen and oxygen atoms in total. The molecule has 0 aliphatic rings. The number of nitrogens with zero attached hydrogens (tertiary/aromatic N) is 1. The highest BCUT2D eigenvalue weighted by Crippen LogP contribution is 2.23. The fourth-order valence-electron chi connectivity index (χ4n) is 2.05. The molecule has 124 valence electrons. The predicted octanol–water partition coefficient (Wildman–Crippen LogP) is 4.72. The summed E-state index contributed by atoms with van der Waals surface area (Å²) in [6, 6.07) is 13.0. The van der Waals surface area contributed by atoms with E-state index >= 15 is 0 Å². The number of amides is 1. The summed E-state index contributed by atoms with van der Waals surface area (Å²) in [6.07, 6.45) is 0. The molecule has 0 aliphatic carbocycles. The van der Waals surface area contributed by atoms with Crippen LogP contribution in [0.25, 0.3) is 11.3 Å². The Hall–Kier alpha value is -1.76. The molecule has 24 heavy (non-hydrogen) atoms. The molecule has 0 saturated heterocycles. The third-order valence-corrected chi connectivity index (χ3v) is 5.51. The lowest BCUT2D eigenvalue weighted by atomic mass is 10.1. The van der Waals surface area contributed by atoms with Crippen LogP contribution in [-0.2, 0) is 5.75 Å². The van der Waals surface area contributed by atoms with Gasteiger partial charge in [-0.05, 0) is 23.6 Å². The van der Waals surface area contributed by atoms with Crippen LogP contribution in [0.4, 0.5) is 0 Å². The van der Waals surface area contributed by atoms with E-state index in [1.807, 2.05) is 18.2 Å². The molecule has 1 aromatic carbocycles. The van der Waals surface area contributed by atoms with Crippen LogP contribution in [0.2, 0.25) is 5.02 Å². The Morgan fingerprint density at radius 1 is 1.29 bits per heavy atom. The molecule has 0 fully saturated rings. The van der Waals surface area contributed by atoms with Gasteiger partial charge in [0.05, 0.1) is 0 Å². The van der Waals surface area contributed by atoms with Crippen LogP contribution in [0.1, 0.15) is 15.4 Å². The van der Waals surface area contributed by atoms with Crippen molar-refractivity contribution in [2.45, 2.75) is 5.75 Å². The molecule has 0 aliphatic heterocycles. The molecule has 0 atom stereocenters. The van der Waals surface area contributed by atoms with Crippen molar-refractivity contribution in [3.63, 3.8) is 0 Å². The Labute approximate surface area is 153 Å². The van der Waals surface area contributed by atoms with Gasteiger partial charge in [-0.25, -0.2) is 0 Å². The summed E-state index contributed by atoms with van der Waals surface area (Å²) in [5.41, 5.74) is 1.06. The molecule has 3 aromatic rings. The Morgan fingerprint density at radius 2 is 2.21 bits per heavy atom. The molecule has 3 rings (SSSR count). The summed E-state index contributed by atoms with van der Waals surface area (Å²) in [7, 11) is 0. The lowest BCUT2D eigenvalue weighted by molar-refractivity contribution is 0.0947. The van der Waals surface area contributed by atoms with Gasteiger partial charge in [0.15, 0.2) is 11.5 Å². The van der Waals surface area contributed by atoms with Crippen molar-refractivity contribution in [1.29, 1.82) is 0 Å². The van der Waals surface area contributed by atoms with Crippen LogP contribution < -0.4 is 5.32 Å². The Bertz CT molecular complexity index is 803.